The maximum atomic E-state index is 12.1. The Kier molecular flexibility index (Phi) is 15.8. The third-order valence-electron chi connectivity index (χ3n) is 7.45. The van der Waals surface area contributed by atoms with Crippen molar-refractivity contribution < 1.29 is 59.9 Å². The molecular weight excluding hydrogens is 532 g/mol. The Balaban J connectivity index is 1.43. The number of carbonyl (C=O) groups is 2. The third-order valence-corrected chi connectivity index (χ3v) is 7.45. The summed E-state index contributed by atoms with van der Waals surface area (Å²) in [6.45, 7) is -1.11. The van der Waals surface area contributed by atoms with Crippen LogP contribution in [-0.2, 0) is 19.1 Å². The maximum Gasteiger partial charge on any atom is 0.222 e. The second-order valence-electron chi connectivity index (χ2n) is 10.7. The van der Waals surface area contributed by atoms with Crippen molar-refractivity contribution in [1.29, 1.82) is 0 Å². The quantitative estimate of drug-likeness (QED) is 0.0804. The smallest absolute Gasteiger partial charge is 0.222 e. The lowest BCUT2D eigenvalue weighted by atomic mass is 9.98. The number of aliphatic hydroxyl groups excluding tert-OH is 8. The number of rotatable bonds is 17. The van der Waals surface area contributed by atoms with Gasteiger partial charge in [0.05, 0.1) is 13.2 Å². The van der Waals surface area contributed by atoms with Crippen LogP contribution in [-0.4, -0.2) is 127 Å². The number of unbranched alkanes of at least 4 members (excludes halogenated alkanes) is 9. The first-order valence-electron chi connectivity index (χ1n) is 14.3. The van der Waals surface area contributed by atoms with Crippen LogP contribution in [0, 0.1) is 0 Å². The van der Waals surface area contributed by atoms with Gasteiger partial charge in [-0.05, 0) is 12.8 Å². The maximum absolute atomic E-state index is 12.1. The summed E-state index contributed by atoms with van der Waals surface area (Å²) in [5.74, 6) is -0.683. The van der Waals surface area contributed by atoms with E-state index in [1.54, 1.807) is 0 Å². The molecule has 40 heavy (non-hydrogen) atoms. The van der Waals surface area contributed by atoms with Gasteiger partial charge in [0.25, 0.3) is 0 Å². The molecule has 0 aromatic carbocycles. The lowest BCUT2D eigenvalue weighted by Crippen LogP contribution is -2.63. The first kappa shape index (κ1) is 34.7. The van der Waals surface area contributed by atoms with Crippen LogP contribution in [0.3, 0.4) is 0 Å². The van der Waals surface area contributed by atoms with Crippen molar-refractivity contribution in [3.63, 3.8) is 0 Å². The normalized spacial score (nSPS) is 34.4. The molecule has 2 heterocycles. The van der Waals surface area contributed by atoms with Crippen LogP contribution in [0.4, 0.5) is 0 Å². The first-order chi connectivity index (χ1) is 19.1. The summed E-state index contributed by atoms with van der Waals surface area (Å²) in [6, 6.07) is 0. The molecule has 10 atom stereocenters. The summed E-state index contributed by atoms with van der Waals surface area (Å²) < 4.78 is 10.5. The van der Waals surface area contributed by atoms with Crippen molar-refractivity contribution in [1.82, 2.24) is 10.6 Å². The molecule has 2 aliphatic heterocycles. The highest BCUT2D eigenvalue weighted by Crippen LogP contribution is 2.21. The lowest BCUT2D eigenvalue weighted by Gasteiger charge is -2.40. The van der Waals surface area contributed by atoms with E-state index in [0.29, 0.717) is 12.8 Å². The van der Waals surface area contributed by atoms with Crippen LogP contribution in [0.15, 0.2) is 0 Å². The predicted molar refractivity (Wildman–Crippen MR) is 139 cm³/mol. The molecule has 10 N–H and O–H groups in total. The molecule has 234 valence electrons. The molecular formula is C26H48N2O12. The van der Waals surface area contributed by atoms with E-state index in [4.69, 9.17) is 9.47 Å². The molecule has 0 aromatic heterocycles. The molecule has 2 fully saturated rings. The summed E-state index contributed by atoms with van der Waals surface area (Å²) in [7, 11) is 0. The van der Waals surface area contributed by atoms with Gasteiger partial charge in [-0.15, -0.1) is 0 Å². The number of aliphatic hydroxyl groups is 8. The number of carbonyl (C=O) groups excluding carboxylic acids is 2. The minimum atomic E-state index is -1.53. The van der Waals surface area contributed by atoms with Gasteiger partial charge in [-0.1, -0.05) is 51.4 Å². The van der Waals surface area contributed by atoms with E-state index in [-0.39, 0.29) is 24.7 Å². The standard InChI is InChI=1S/C26H48N2O12/c29-13-15-19(33)21(35)23(37)25(39-15)27-17(31)11-9-7-5-3-1-2-4-6-8-10-12-18(32)28-26-24(38)22(36)20(34)16(14-30)40-26/h15-16,19-26,29-30,33-38H,1-14H2,(H,27,31)(H,28,32)/t15-,16-,19-,20-,21+,22+,23-,24-,25-,26-/m1/s1. The van der Waals surface area contributed by atoms with Gasteiger partial charge in [-0.3, -0.25) is 9.59 Å². The van der Waals surface area contributed by atoms with Gasteiger partial charge in [0.1, 0.15) is 48.8 Å². The average Bonchev–Trinajstić information content (AvgIpc) is 2.94. The number of amides is 2. The number of ether oxygens (including phenoxy) is 2. The second-order valence-corrected chi connectivity index (χ2v) is 10.7. The van der Waals surface area contributed by atoms with Crippen molar-refractivity contribution in [3.8, 4) is 0 Å². The summed E-state index contributed by atoms with van der Waals surface area (Å²) in [5, 5.41) is 82.5. The molecule has 0 aliphatic carbocycles. The Hall–Kier alpha value is -1.46. The summed E-state index contributed by atoms with van der Waals surface area (Å²) in [5.41, 5.74) is 0. The molecule has 0 bridgehead atoms. The molecule has 0 radical (unpaired) electrons. The minimum Gasteiger partial charge on any atom is -0.394 e. The summed E-state index contributed by atoms with van der Waals surface area (Å²) in [4.78, 5) is 24.3. The first-order valence-corrected chi connectivity index (χ1v) is 14.3. The van der Waals surface area contributed by atoms with Crippen LogP contribution in [0.1, 0.15) is 77.0 Å². The fourth-order valence-corrected chi connectivity index (χ4v) is 4.89. The Morgan fingerprint density at radius 3 is 1.07 bits per heavy atom. The largest absolute Gasteiger partial charge is 0.394 e. The molecule has 2 rings (SSSR count). The van der Waals surface area contributed by atoms with Gasteiger partial charge >= 0.3 is 0 Å². The molecule has 14 nitrogen and oxygen atoms in total. The molecule has 0 saturated carbocycles. The van der Waals surface area contributed by atoms with Crippen molar-refractivity contribution >= 4 is 11.8 Å². The molecule has 0 unspecified atom stereocenters. The average molecular weight is 581 g/mol. The minimum absolute atomic E-state index is 0.235. The van der Waals surface area contributed by atoms with Gasteiger partial charge in [-0.25, -0.2) is 0 Å². The fraction of sp³-hybridized carbons (Fsp3) is 0.923. The van der Waals surface area contributed by atoms with E-state index in [1.807, 2.05) is 0 Å². The Bertz CT molecular complexity index is 682. The second kappa shape index (κ2) is 18.2. The Morgan fingerprint density at radius 1 is 0.475 bits per heavy atom. The van der Waals surface area contributed by atoms with Crippen molar-refractivity contribution in [2.24, 2.45) is 0 Å². The predicted octanol–water partition coefficient (Wildman–Crippen LogP) is -2.50. The van der Waals surface area contributed by atoms with Crippen molar-refractivity contribution in [3.05, 3.63) is 0 Å². The van der Waals surface area contributed by atoms with Gasteiger partial charge in [-0.2, -0.15) is 0 Å². The molecule has 14 heteroatoms. The molecule has 0 spiro atoms. The number of nitrogens with one attached hydrogen (secondary N) is 2. The van der Waals surface area contributed by atoms with E-state index < -0.39 is 74.5 Å². The van der Waals surface area contributed by atoms with Crippen molar-refractivity contribution in [2.75, 3.05) is 13.2 Å². The Labute approximate surface area is 234 Å². The fourth-order valence-electron chi connectivity index (χ4n) is 4.89. The van der Waals surface area contributed by atoms with Gasteiger partial charge < -0.3 is 61.0 Å². The molecule has 0 aromatic rings. The Morgan fingerprint density at radius 2 is 0.775 bits per heavy atom. The highest BCUT2D eigenvalue weighted by Gasteiger charge is 2.45. The van der Waals surface area contributed by atoms with Crippen LogP contribution < -0.4 is 10.6 Å². The zero-order valence-corrected chi connectivity index (χ0v) is 22.9. The van der Waals surface area contributed by atoms with Crippen LogP contribution >= 0.6 is 0 Å². The lowest BCUT2D eigenvalue weighted by molar-refractivity contribution is -0.236. The third kappa shape index (κ3) is 10.7. The van der Waals surface area contributed by atoms with E-state index in [0.717, 1.165) is 51.4 Å². The zero-order chi connectivity index (χ0) is 29.7. The molecule has 2 saturated heterocycles. The van der Waals surface area contributed by atoms with E-state index >= 15 is 0 Å². The SMILES string of the molecule is O=C(CCCCCCCCCCCCC(=O)N[C@@H]1O[C@H](CO)[C@@H](O)[C@H](O)[C@H]1O)N[C@@H]1O[C@H](CO)[C@@H](O)[C@H](O)[C@H]1O. The highest BCUT2D eigenvalue weighted by atomic mass is 16.6. The summed E-state index contributed by atoms with van der Waals surface area (Å²) >= 11 is 0. The molecule has 2 aliphatic rings. The molecule has 2 amide bonds. The van der Waals surface area contributed by atoms with Gasteiger partial charge in [0.2, 0.25) is 11.8 Å². The van der Waals surface area contributed by atoms with Gasteiger partial charge in [0, 0.05) is 12.8 Å². The van der Waals surface area contributed by atoms with Crippen molar-refractivity contribution in [2.45, 2.75) is 138 Å². The topological polar surface area (TPSA) is 238 Å². The number of hydrogen-bond acceptors (Lipinski definition) is 12. The monoisotopic (exact) mass is 580 g/mol. The summed E-state index contributed by atoms with van der Waals surface area (Å²) in [6.07, 6.45) is -3.79. The van der Waals surface area contributed by atoms with Crippen LogP contribution in [0.2, 0.25) is 0 Å². The van der Waals surface area contributed by atoms with E-state index in [2.05, 4.69) is 10.6 Å². The van der Waals surface area contributed by atoms with Gasteiger partial charge in [0.15, 0.2) is 12.5 Å². The zero-order valence-electron chi connectivity index (χ0n) is 22.9. The van der Waals surface area contributed by atoms with Crippen LogP contribution in [0.25, 0.3) is 0 Å². The van der Waals surface area contributed by atoms with Crippen LogP contribution in [0.5, 0.6) is 0 Å². The van der Waals surface area contributed by atoms with E-state index in [1.165, 1.54) is 0 Å². The highest BCUT2D eigenvalue weighted by molar-refractivity contribution is 5.76. The number of hydrogen-bond donors (Lipinski definition) is 10. The van der Waals surface area contributed by atoms with E-state index in [9.17, 15) is 50.4 Å².